The average Bonchev–Trinajstić information content (AvgIpc) is 2.89. The molecule has 0 spiro atoms. The minimum Gasteiger partial charge on any atom is -0.494 e. The van der Waals surface area contributed by atoms with Gasteiger partial charge in [-0.15, -0.1) is 0 Å². The van der Waals surface area contributed by atoms with E-state index in [2.05, 4.69) is 41.8 Å². The van der Waals surface area contributed by atoms with Crippen LogP contribution in [-0.2, 0) is 16.0 Å². The first-order chi connectivity index (χ1) is 17.8. The van der Waals surface area contributed by atoms with Gasteiger partial charge in [0, 0.05) is 58.4 Å². The molecule has 8 nitrogen and oxygen atoms in total. The van der Waals surface area contributed by atoms with Gasteiger partial charge in [0.25, 0.3) is 0 Å². The molecular formula is C29H40N4O4. The third-order valence-electron chi connectivity index (χ3n) is 7.37. The van der Waals surface area contributed by atoms with Crippen LogP contribution >= 0.6 is 0 Å². The molecule has 0 N–H and O–H groups in total. The Morgan fingerprint density at radius 3 is 2.51 bits per heavy atom. The molecule has 1 fully saturated rings. The fourth-order valence-electron chi connectivity index (χ4n) is 4.92. The number of unbranched alkanes of at least 4 members (excludes halogenated alkanes) is 1. The maximum absolute atomic E-state index is 12.5. The van der Waals surface area contributed by atoms with Crippen molar-refractivity contribution in [2.75, 3.05) is 70.0 Å². The lowest BCUT2D eigenvalue weighted by Gasteiger charge is -2.37. The van der Waals surface area contributed by atoms with Crippen molar-refractivity contribution in [3.05, 3.63) is 53.1 Å². The van der Waals surface area contributed by atoms with Gasteiger partial charge in [0.2, 0.25) is 5.91 Å². The second kappa shape index (κ2) is 12.3. The first kappa shape index (κ1) is 26.8. The van der Waals surface area contributed by atoms with Crippen molar-refractivity contribution in [2.24, 2.45) is 0 Å². The van der Waals surface area contributed by atoms with Gasteiger partial charge >= 0.3 is 6.09 Å². The molecule has 0 unspecified atom stereocenters. The van der Waals surface area contributed by atoms with Gasteiger partial charge in [-0.1, -0.05) is 18.2 Å². The Balaban J connectivity index is 1.20. The predicted octanol–water partition coefficient (Wildman–Crippen LogP) is 4.22. The molecule has 2 aromatic rings. The third kappa shape index (κ3) is 6.74. The number of piperazine rings is 1. The van der Waals surface area contributed by atoms with E-state index in [9.17, 15) is 9.59 Å². The van der Waals surface area contributed by atoms with Crippen molar-refractivity contribution >= 4 is 23.4 Å². The number of hydrogen-bond acceptors (Lipinski definition) is 6. The highest BCUT2D eigenvalue weighted by atomic mass is 16.6. The maximum Gasteiger partial charge on any atom is 0.410 e. The quantitative estimate of drug-likeness (QED) is 0.473. The Kier molecular flexibility index (Phi) is 8.92. The normalized spacial score (nSPS) is 15.9. The highest BCUT2D eigenvalue weighted by Crippen LogP contribution is 2.32. The second-order valence-corrected chi connectivity index (χ2v) is 10.1. The van der Waals surface area contributed by atoms with Crippen LogP contribution in [-0.4, -0.2) is 82.0 Å². The van der Waals surface area contributed by atoms with Gasteiger partial charge in [0.1, 0.15) is 5.75 Å². The summed E-state index contributed by atoms with van der Waals surface area (Å²) in [7, 11) is 3.24. The van der Waals surface area contributed by atoms with Gasteiger partial charge in [-0.2, -0.15) is 0 Å². The molecular weight excluding hydrogens is 468 g/mol. The van der Waals surface area contributed by atoms with E-state index in [-0.39, 0.29) is 12.6 Å². The van der Waals surface area contributed by atoms with E-state index < -0.39 is 6.09 Å². The molecule has 0 aromatic heterocycles. The monoisotopic (exact) mass is 508 g/mol. The molecule has 4 rings (SSSR count). The van der Waals surface area contributed by atoms with Crippen molar-refractivity contribution in [2.45, 2.75) is 39.5 Å². The molecule has 2 aliphatic rings. The highest BCUT2D eigenvalue weighted by Gasteiger charge is 2.26. The lowest BCUT2D eigenvalue weighted by molar-refractivity contribution is -0.119. The Hall–Kier alpha value is -3.26. The van der Waals surface area contributed by atoms with Crippen LogP contribution in [0.25, 0.3) is 0 Å². The lowest BCUT2D eigenvalue weighted by Crippen LogP contribution is -2.46. The van der Waals surface area contributed by atoms with Crippen molar-refractivity contribution in [3.63, 3.8) is 0 Å². The van der Waals surface area contributed by atoms with Gasteiger partial charge in [-0.3, -0.25) is 14.6 Å². The van der Waals surface area contributed by atoms with Crippen LogP contribution < -0.4 is 14.5 Å². The van der Waals surface area contributed by atoms with E-state index in [1.165, 1.54) is 26.6 Å². The molecule has 37 heavy (non-hydrogen) atoms. The topological polar surface area (TPSA) is 65.6 Å². The van der Waals surface area contributed by atoms with Crippen molar-refractivity contribution in [1.82, 2.24) is 9.80 Å². The number of carbonyl (C=O) groups is 2. The second-order valence-electron chi connectivity index (χ2n) is 10.1. The smallest absolute Gasteiger partial charge is 0.410 e. The number of carbonyl (C=O) groups excluding carboxylic acids is 2. The Bertz CT molecular complexity index is 1100. The van der Waals surface area contributed by atoms with Crippen LogP contribution in [0, 0.1) is 13.8 Å². The van der Waals surface area contributed by atoms with Crippen LogP contribution in [0.15, 0.2) is 36.4 Å². The summed E-state index contributed by atoms with van der Waals surface area (Å²) in [6.07, 6.45) is 2.67. The van der Waals surface area contributed by atoms with Crippen molar-refractivity contribution in [1.29, 1.82) is 0 Å². The summed E-state index contributed by atoms with van der Waals surface area (Å²) < 4.78 is 11.3. The Morgan fingerprint density at radius 1 is 0.973 bits per heavy atom. The fourth-order valence-corrected chi connectivity index (χ4v) is 4.92. The zero-order chi connectivity index (χ0) is 26.4. The maximum atomic E-state index is 12.5. The third-order valence-corrected chi connectivity index (χ3v) is 7.37. The van der Waals surface area contributed by atoms with Gasteiger partial charge in [0.15, 0.2) is 6.73 Å². The summed E-state index contributed by atoms with van der Waals surface area (Å²) in [5.74, 6) is 0.688. The molecule has 2 amide bonds. The van der Waals surface area contributed by atoms with E-state index in [0.717, 1.165) is 62.6 Å². The number of hydrogen-bond donors (Lipinski definition) is 0. The van der Waals surface area contributed by atoms with Crippen LogP contribution in [0.2, 0.25) is 0 Å². The summed E-state index contributed by atoms with van der Waals surface area (Å²) in [6.45, 7) is 10.3. The van der Waals surface area contributed by atoms with E-state index in [0.29, 0.717) is 19.4 Å². The molecule has 2 aromatic carbocycles. The SMILES string of the molecule is Cc1cccc(N2CCN(CCCCOc3ccc4c(c3)N(COC(=O)N(C)C)C(=O)CC4)CC2)c1C. The molecule has 8 heteroatoms. The number of fused-ring (bicyclic) bond motifs is 1. The summed E-state index contributed by atoms with van der Waals surface area (Å²) in [5.41, 5.74) is 5.94. The molecule has 0 bridgehead atoms. The van der Waals surface area contributed by atoms with Gasteiger partial charge in [0.05, 0.1) is 12.3 Å². The fraction of sp³-hybridized carbons (Fsp3) is 0.517. The number of amides is 2. The van der Waals surface area contributed by atoms with Crippen molar-refractivity contribution in [3.8, 4) is 5.75 Å². The Labute approximate surface area is 220 Å². The predicted molar refractivity (Wildman–Crippen MR) is 147 cm³/mol. The van der Waals surface area contributed by atoms with Crippen LogP contribution in [0.5, 0.6) is 5.75 Å². The largest absolute Gasteiger partial charge is 0.494 e. The van der Waals surface area contributed by atoms with E-state index in [4.69, 9.17) is 9.47 Å². The molecule has 1 saturated heterocycles. The lowest BCUT2D eigenvalue weighted by atomic mass is 10.0. The van der Waals surface area contributed by atoms with Gasteiger partial charge in [-0.25, -0.2) is 4.79 Å². The van der Waals surface area contributed by atoms with Crippen LogP contribution in [0.1, 0.15) is 36.0 Å². The minimum atomic E-state index is -0.473. The number of ether oxygens (including phenoxy) is 2. The number of aryl methyl sites for hydroxylation is 2. The molecule has 200 valence electrons. The molecule has 0 radical (unpaired) electrons. The molecule has 2 heterocycles. The van der Waals surface area contributed by atoms with E-state index in [1.807, 2.05) is 18.2 Å². The average molecular weight is 509 g/mol. The molecule has 0 atom stereocenters. The highest BCUT2D eigenvalue weighted by molar-refractivity contribution is 5.96. The Morgan fingerprint density at radius 2 is 1.76 bits per heavy atom. The number of anilines is 2. The van der Waals surface area contributed by atoms with Crippen LogP contribution in [0.4, 0.5) is 16.2 Å². The first-order valence-corrected chi connectivity index (χ1v) is 13.3. The molecule has 0 saturated carbocycles. The van der Waals surface area contributed by atoms with E-state index in [1.54, 1.807) is 14.1 Å². The van der Waals surface area contributed by atoms with E-state index >= 15 is 0 Å². The summed E-state index contributed by atoms with van der Waals surface area (Å²) in [4.78, 5) is 32.3. The van der Waals surface area contributed by atoms with Crippen molar-refractivity contribution < 1.29 is 19.1 Å². The number of benzene rings is 2. The standard InChI is InChI=1S/C29H40N4O4/c1-22-8-7-9-26(23(22)2)32-17-15-31(16-18-32)14-5-6-19-36-25-12-10-24-11-13-28(34)33(27(24)20-25)21-37-29(35)30(3)4/h7-10,12,20H,5-6,11,13-19,21H2,1-4H3. The summed E-state index contributed by atoms with van der Waals surface area (Å²) >= 11 is 0. The zero-order valence-corrected chi connectivity index (χ0v) is 22.7. The number of nitrogens with zero attached hydrogens (tertiary/aromatic N) is 4. The van der Waals surface area contributed by atoms with Gasteiger partial charge in [-0.05, 0) is 68.5 Å². The zero-order valence-electron chi connectivity index (χ0n) is 22.7. The summed E-state index contributed by atoms with van der Waals surface area (Å²) in [6, 6.07) is 12.4. The summed E-state index contributed by atoms with van der Waals surface area (Å²) in [5, 5.41) is 0. The molecule has 2 aliphatic heterocycles. The van der Waals surface area contributed by atoms with Gasteiger partial charge < -0.3 is 19.3 Å². The first-order valence-electron chi connectivity index (χ1n) is 13.3. The van der Waals surface area contributed by atoms with Crippen LogP contribution in [0.3, 0.4) is 0 Å². The molecule has 0 aliphatic carbocycles. The minimum absolute atomic E-state index is 0.0473. The number of rotatable bonds is 9.